The van der Waals surface area contributed by atoms with E-state index >= 15 is 0 Å². The van der Waals surface area contributed by atoms with Gasteiger partial charge >= 0.3 is 6.03 Å². The summed E-state index contributed by atoms with van der Waals surface area (Å²) >= 11 is 0. The summed E-state index contributed by atoms with van der Waals surface area (Å²) in [5.41, 5.74) is 1.91. The standard InChI is InChI=1S/C17H24N2O2/c1-4-19(5-2)17(21)18-14(3)16-11-8-10-15(13-16)9-6-7-12-20/h8,10-11,13-14,20H,4-5,7,12H2,1-3H3,(H,18,21). The highest BCUT2D eigenvalue weighted by atomic mass is 16.2. The number of hydrogen-bond acceptors (Lipinski definition) is 2. The molecule has 2 N–H and O–H groups in total. The molecular weight excluding hydrogens is 264 g/mol. The first kappa shape index (κ1) is 17.1. The lowest BCUT2D eigenvalue weighted by atomic mass is 10.1. The maximum absolute atomic E-state index is 12.0. The second-order valence-electron chi connectivity index (χ2n) is 4.74. The van der Waals surface area contributed by atoms with E-state index in [1.807, 2.05) is 45.0 Å². The first-order valence-corrected chi connectivity index (χ1v) is 7.37. The number of urea groups is 1. The lowest BCUT2D eigenvalue weighted by molar-refractivity contribution is 0.200. The maximum Gasteiger partial charge on any atom is 0.317 e. The molecule has 1 atom stereocenters. The third kappa shape index (κ3) is 5.49. The summed E-state index contributed by atoms with van der Waals surface area (Å²) in [4.78, 5) is 13.8. The van der Waals surface area contributed by atoms with Crippen LogP contribution in [0.3, 0.4) is 0 Å². The minimum Gasteiger partial charge on any atom is -0.395 e. The number of rotatable bonds is 5. The van der Waals surface area contributed by atoms with Gasteiger partial charge in [-0.3, -0.25) is 0 Å². The fourth-order valence-corrected chi connectivity index (χ4v) is 1.98. The van der Waals surface area contributed by atoms with E-state index in [2.05, 4.69) is 17.2 Å². The Kier molecular flexibility index (Phi) is 7.34. The van der Waals surface area contributed by atoms with Crippen LogP contribution in [0.1, 0.15) is 44.4 Å². The van der Waals surface area contributed by atoms with Gasteiger partial charge < -0.3 is 15.3 Å². The van der Waals surface area contributed by atoms with Gasteiger partial charge in [-0.15, -0.1) is 0 Å². The summed E-state index contributed by atoms with van der Waals surface area (Å²) in [7, 11) is 0. The van der Waals surface area contributed by atoms with Crippen molar-refractivity contribution in [1.29, 1.82) is 0 Å². The molecule has 0 aliphatic carbocycles. The van der Waals surface area contributed by atoms with Crippen LogP contribution in [0.25, 0.3) is 0 Å². The monoisotopic (exact) mass is 288 g/mol. The van der Waals surface area contributed by atoms with Crippen LogP contribution >= 0.6 is 0 Å². The Morgan fingerprint density at radius 3 is 2.71 bits per heavy atom. The largest absolute Gasteiger partial charge is 0.395 e. The van der Waals surface area contributed by atoms with Crippen molar-refractivity contribution in [2.45, 2.75) is 33.2 Å². The summed E-state index contributed by atoms with van der Waals surface area (Å²) < 4.78 is 0. The van der Waals surface area contributed by atoms with Crippen molar-refractivity contribution in [2.24, 2.45) is 0 Å². The molecule has 0 saturated carbocycles. The molecule has 0 radical (unpaired) electrons. The van der Waals surface area contributed by atoms with Gasteiger partial charge in [-0.1, -0.05) is 24.0 Å². The number of aliphatic hydroxyl groups is 1. The second-order valence-corrected chi connectivity index (χ2v) is 4.74. The minimum atomic E-state index is -0.0716. The van der Waals surface area contributed by atoms with Crippen LogP contribution in [-0.2, 0) is 0 Å². The second kappa shape index (κ2) is 9.04. The normalized spacial score (nSPS) is 11.2. The van der Waals surface area contributed by atoms with Gasteiger partial charge in [0.15, 0.2) is 0 Å². The molecule has 21 heavy (non-hydrogen) atoms. The zero-order valence-electron chi connectivity index (χ0n) is 13.0. The van der Waals surface area contributed by atoms with E-state index in [4.69, 9.17) is 5.11 Å². The van der Waals surface area contributed by atoms with Crippen LogP contribution in [-0.4, -0.2) is 35.7 Å². The van der Waals surface area contributed by atoms with Gasteiger partial charge in [-0.2, -0.15) is 0 Å². The Balaban J connectivity index is 2.74. The maximum atomic E-state index is 12.0. The van der Waals surface area contributed by atoms with E-state index in [9.17, 15) is 4.79 Å². The Labute approximate surface area is 127 Å². The van der Waals surface area contributed by atoms with Crippen LogP contribution in [0.15, 0.2) is 24.3 Å². The molecule has 0 aliphatic rings. The van der Waals surface area contributed by atoms with Crippen LogP contribution in [0, 0.1) is 11.8 Å². The van der Waals surface area contributed by atoms with E-state index < -0.39 is 0 Å². The molecule has 0 aliphatic heterocycles. The molecule has 114 valence electrons. The number of aliphatic hydroxyl groups excluding tert-OH is 1. The molecule has 0 aromatic heterocycles. The molecule has 4 heteroatoms. The number of carbonyl (C=O) groups is 1. The van der Waals surface area contributed by atoms with E-state index in [-0.39, 0.29) is 18.7 Å². The molecule has 1 aromatic rings. The van der Waals surface area contributed by atoms with Crippen LogP contribution in [0.5, 0.6) is 0 Å². The number of amides is 2. The first-order chi connectivity index (χ1) is 10.1. The minimum absolute atomic E-state index is 0.0516. The third-order valence-electron chi connectivity index (χ3n) is 3.25. The van der Waals surface area contributed by atoms with Gasteiger partial charge in [0.2, 0.25) is 0 Å². The lowest BCUT2D eigenvalue weighted by Gasteiger charge is -2.22. The van der Waals surface area contributed by atoms with Crippen LogP contribution in [0.4, 0.5) is 4.79 Å². The summed E-state index contributed by atoms with van der Waals surface area (Å²) in [5.74, 6) is 5.91. The van der Waals surface area contributed by atoms with Gasteiger partial charge in [0.1, 0.15) is 0 Å². The van der Waals surface area contributed by atoms with E-state index in [0.29, 0.717) is 19.5 Å². The molecule has 2 amide bonds. The predicted octanol–water partition coefficient (Wildman–Crippen LogP) is 2.53. The SMILES string of the molecule is CCN(CC)C(=O)NC(C)c1cccc(C#CCCO)c1. The van der Waals surface area contributed by atoms with E-state index in [0.717, 1.165) is 11.1 Å². The summed E-state index contributed by atoms with van der Waals surface area (Å²) in [5, 5.41) is 11.7. The molecule has 0 saturated heterocycles. The molecule has 0 fully saturated rings. The number of nitrogens with one attached hydrogen (secondary N) is 1. The number of nitrogens with zero attached hydrogens (tertiary/aromatic N) is 1. The van der Waals surface area contributed by atoms with Gasteiger partial charge in [0.25, 0.3) is 0 Å². The molecule has 1 rings (SSSR count). The van der Waals surface area contributed by atoms with Gasteiger partial charge in [-0.25, -0.2) is 4.79 Å². The number of hydrogen-bond donors (Lipinski definition) is 2. The molecule has 0 spiro atoms. The molecule has 0 bridgehead atoms. The average Bonchev–Trinajstić information content (AvgIpc) is 2.49. The fourth-order valence-electron chi connectivity index (χ4n) is 1.98. The van der Waals surface area contributed by atoms with Crippen LogP contribution in [0.2, 0.25) is 0 Å². The lowest BCUT2D eigenvalue weighted by Crippen LogP contribution is -2.40. The zero-order valence-corrected chi connectivity index (χ0v) is 13.0. The summed E-state index contributed by atoms with van der Waals surface area (Å²) in [6, 6.07) is 7.68. The third-order valence-corrected chi connectivity index (χ3v) is 3.25. The molecule has 1 unspecified atom stereocenters. The van der Waals surface area contributed by atoms with E-state index in [1.54, 1.807) is 4.90 Å². The summed E-state index contributed by atoms with van der Waals surface area (Å²) in [6.45, 7) is 7.35. The predicted molar refractivity (Wildman–Crippen MR) is 84.9 cm³/mol. The van der Waals surface area contributed by atoms with Crippen molar-refractivity contribution in [3.8, 4) is 11.8 Å². The van der Waals surface area contributed by atoms with Crippen molar-refractivity contribution in [2.75, 3.05) is 19.7 Å². The van der Waals surface area contributed by atoms with Crippen LogP contribution < -0.4 is 5.32 Å². The number of benzene rings is 1. The Bertz CT molecular complexity index is 513. The Morgan fingerprint density at radius 2 is 2.10 bits per heavy atom. The molecule has 1 aromatic carbocycles. The van der Waals surface area contributed by atoms with E-state index in [1.165, 1.54) is 0 Å². The number of carbonyl (C=O) groups excluding carboxylic acids is 1. The van der Waals surface area contributed by atoms with Crippen molar-refractivity contribution < 1.29 is 9.90 Å². The average molecular weight is 288 g/mol. The smallest absolute Gasteiger partial charge is 0.317 e. The molecule has 4 nitrogen and oxygen atoms in total. The topological polar surface area (TPSA) is 52.6 Å². The highest BCUT2D eigenvalue weighted by molar-refractivity contribution is 5.74. The van der Waals surface area contributed by atoms with Gasteiger partial charge in [0.05, 0.1) is 12.6 Å². The quantitative estimate of drug-likeness (QED) is 0.818. The van der Waals surface area contributed by atoms with Crippen molar-refractivity contribution in [1.82, 2.24) is 10.2 Å². The Hall–Kier alpha value is -1.99. The van der Waals surface area contributed by atoms with Gasteiger partial charge in [0, 0.05) is 25.1 Å². The van der Waals surface area contributed by atoms with Crippen molar-refractivity contribution >= 4 is 6.03 Å². The molecular formula is C17H24N2O2. The Morgan fingerprint density at radius 1 is 1.38 bits per heavy atom. The zero-order chi connectivity index (χ0) is 15.7. The van der Waals surface area contributed by atoms with Crippen molar-refractivity contribution in [3.05, 3.63) is 35.4 Å². The fraction of sp³-hybridized carbons (Fsp3) is 0.471. The first-order valence-electron chi connectivity index (χ1n) is 7.37. The van der Waals surface area contributed by atoms with Crippen molar-refractivity contribution in [3.63, 3.8) is 0 Å². The summed E-state index contributed by atoms with van der Waals surface area (Å²) in [6.07, 6.45) is 0.471. The molecule has 0 heterocycles. The highest BCUT2D eigenvalue weighted by Crippen LogP contribution is 2.14. The van der Waals surface area contributed by atoms with Gasteiger partial charge in [-0.05, 0) is 38.5 Å². The highest BCUT2D eigenvalue weighted by Gasteiger charge is 2.13.